The molecule has 0 amide bonds. The van der Waals surface area contributed by atoms with Crippen LogP contribution < -0.4 is 0 Å². The quantitative estimate of drug-likeness (QED) is 0.593. The summed E-state index contributed by atoms with van der Waals surface area (Å²) in [6, 6.07) is 7.92. The Morgan fingerprint density at radius 1 is 1.07 bits per heavy atom. The van der Waals surface area contributed by atoms with Crippen molar-refractivity contribution in [1.29, 1.82) is 0 Å². The molecular formula is C21H26ClN3O3. The summed E-state index contributed by atoms with van der Waals surface area (Å²) in [4.78, 5) is 32.3. The second-order valence-electron chi connectivity index (χ2n) is 7.22. The van der Waals surface area contributed by atoms with E-state index in [9.17, 15) is 9.59 Å². The molecule has 1 saturated heterocycles. The molecule has 0 spiro atoms. The fourth-order valence-corrected chi connectivity index (χ4v) is 3.80. The van der Waals surface area contributed by atoms with Gasteiger partial charge in [-0.3, -0.25) is 14.6 Å². The van der Waals surface area contributed by atoms with Gasteiger partial charge in [0.1, 0.15) is 0 Å². The number of aromatic amines is 1. The van der Waals surface area contributed by atoms with Gasteiger partial charge in [0.15, 0.2) is 5.78 Å². The highest BCUT2D eigenvalue weighted by Crippen LogP contribution is 2.20. The standard InChI is InChI=1S/C21H26ClN3O3/c1-14-19(21(27)28-3)15(2)23-20(14)18(26)13-25-10-8-24(9-11-25)12-16-4-6-17(22)7-5-16/h4-7,23H,8-13H2,1-3H3. The first-order valence-corrected chi connectivity index (χ1v) is 9.76. The van der Waals surface area contributed by atoms with Crippen molar-refractivity contribution in [3.8, 4) is 0 Å². The van der Waals surface area contributed by atoms with E-state index in [0.717, 1.165) is 37.7 Å². The maximum Gasteiger partial charge on any atom is 0.339 e. The molecular weight excluding hydrogens is 378 g/mol. The molecule has 0 aliphatic carbocycles. The minimum Gasteiger partial charge on any atom is -0.465 e. The molecule has 3 rings (SSSR count). The molecule has 1 aromatic carbocycles. The molecule has 1 aliphatic rings. The number of aryl methyl sites for hydroxylation is 1. The molecule has 1 aliphatic heterocycles. The molecule has 1 N–H and O–H groups in total. The van der Waals surface area contributed by atoms with Gasteiger partial charge in [-0.15, -0.1) is 0 Å². The first-order valence-electron chi connectivity index (χ1n) is 9.39. The number of methoxy groups -OCH3 is 1. The number of aromatic nitrogens is 1. The van der Waals surface area contributed by atoms with Crippen molar-refractivity contribution in [2.24, 2.45) is 0 Å². The molecule has 2 heterocycles. The predicted octanol–water partition coefficient (Wildman–Crippen LogP) is 3.07. The van der Waals surface area contributed by atoms with Gasteiger partial charge in [-0.2, -0.15) is 0 Å². The maximum absolute atomic E-state index is 12.8. The number of hydrogen-bond donors (Lipinski definition) is 1. The Kier molecular flexibility index (Phi) is 6.54. The number of rotatable bonds is 6. The minimum absolute atomic E-state index is 0.00176. The van der Waals surface area contributed by atoms with E-state index in [-0.39, 0.29) is 5.78 Å². The number of carbonyl (C=O) groups excluding carboxylic acids is 2. The Hall–Kier alpha value is -2.15. The molecule has 0 atom stereocenters. The Labute approximate surface area is 170 Å². The molecule has 6 nitrogen and oxygen atoms in total. The molecule has 1 aromatic heterocycles. The van der Waals surface area contributed by atoms with Crippen LogP contribution in [0.15, 0.2) is 24.3 Å². The van der Waals surface area contributed by atoms with Gasteiger partial charge in [0.25, 0.3) is 0 Å². The van der Waals surface area contributed by atoms with E-state index in [1.165, 1.54) is 12.7 Å². The molecule has 7 heteroatoms. The third-order valence-corrected chi connectivity index (χ3v) is 5.51. The number of nitrogens with zero attached hydrogens (tertiary/aromatic N) is 2. The zero-order valence-corrected chi connectivity index (χ0v) is 17.3. The van der Waals surface area contributed by atoms with Crippen LogP contribution in [0.2, 0.25) is 5.02 Å². The maximum atomic E-state index is 12.8. The lowest BCUT2D eigenvalue weighted by molar-refractivity contribution is 0.0599. The summed E-state index contributed by atoms with van der Waals surface area (Å²) in [5.74, 6) is -0.414. The highest BCUT2D eigenvalue weighted by atomic mass is 35.5. The van der Waals surface area contributed by atoms with Gasteiger partial charge in [-0.1, -0.05) is 23.7 Å². The van der Waals surface area contributed by atoms with E-state index in [1.807, 2.05) is 24.3 Å². The third kappa shape index (κ3) is 4.63. The average Bonchev–Trinajstić information content (AvgIpc) is 2.99. The van der Waals surface area contributed by atoms with Crippen LogP contribution in [0.25, 0.3) is 0 Å². The summed E-state index contributed by atoms with van der Waals surface area (Å²) in [6.07, 6.45) is 0. The highest BCUT2D eigenvalue weighted by molar-refractivity contribution is 6.30. The Morgan fingerprint density at radius 2 is 1.68 bits per heavy atom. The number of ether oxygens (including phenoxy) is 1. The van der Waals surface area contributed by atoms with Gasteiger partial charge in [-0.25, -0.2) is 4.79 Å². The summed E-state index contributed by atoms with van der Waals surface area (Å²) in [5.41, 5.74) is 3.53. The summed E-state index contributed by atoms with van der Waals surface area (Å²) in [6.45, 7) is 8.28. The summed E-state index contributed by atoms with van der Waals surface area (Å²) in [5, 5.41) is 0.747. The van der Waals surface area contributed by atoms with Crippen molar-refractivity contribution in [2.75, 3.05) is 39.8 Å². The Bertz CT molecular complexity index is 853. The zero-order valence-electron chi connectivity index (χ0n) is 16.5. The van der Waals surface area contributed by atoms with Crippen molar-refractivity contribution in [1.82, 2.24) is 14.8 Å². The first-order chi connectivity index (χ1) is 13.4. The molecule has 28 heavy (non-hydrogen) atoms. The topological polar surface area (TPSA) is 65.6 Å². The number of halogens is 1. The minimum atomic E-state index is -0.416. The molecule has 0 saturated carbocycles. The molecule has 0 unspecified atom stereocenters. The first kappa shape index (κ1) is 20.6. The average molecular weight is 404 g/mol. The van der Waals surface area contributed by atoms with Crippen LogP contribution in [0.3, 0.4) is 0 Å². The van der Waals surface area contributed by atoms with E-state index < -0.39 is 5.97 Å². The van der Waals surface area contributed by atoms with Crippen LogP contribution in [-0.2, 0) is 11.3 Å². The number of hydrogen-bond acceptors (Lipinski definition) is 5. The van der Waals surface area contributed by atoms with Crippen molar-refractivity contribution < 1.29 is 14.3 Å². The number of Topliss-reactive ketones (excluding diaryl/α,β-unsaturated/α-hetero) is 1. The van der Waals surface area contributed by atoms with Crippen molar-refractivity contribution in [2.45, 2.75) is 20.4 Å². The van der Waals surface area contributed by atoms with Gasteiger partial charge in [0.2, 0.25) is 0 Å². The van der Waals surface area contributed by atoms with Crippen LogP contribution in [0.1, 0.15) is 37.7 Å². The number of carbonyl (C=O) groups is 2. The van der Waals surface area contributed by atoms with Gasteiger partial charge in [-0.05, 0) is 37.1 Å². The van der Waals surface area contributed by atoms with E-state index in [2.05, 4.69) is 14.8 Å². The highest BCUT2D eigenvalue weighted by Gasteiger charge is 2.25. The van der Waals surface area contributed by atoms with Gasteiger partial charge in [0, 0.05) is 43.4 Å². The number of piperazine rings is 1. The van der Waals surface area contributed by atoms with E-state index in [4.69, 9.17) is 16.3 Å². The molecule has 1 fully saturated rings. The molecule has 0 bridgehead atoms. The van der Waals surface area contributed by atoms with Crippen LogP contribution in [-0.4, -0.2) is 66.4 Å². The molecule has 2 aromatic rings. The van der Waals surface area contributed by atoms with Gasteiger partial charge in [0.05, 0.1) is 24.9 Å². The van der Waals surface area contributed by atoms with Crippen molar-refractivity contribution in [3.63, 3.8) is 0 Å². The Morgan fingerprint density at radius 3 is 2.29 bits per heavy atom. The fraction of sp³-hybridized carbons (Fsp3) is 0.429. The predicted molar refractivity (Wildman–Crippen MR) is 109 cm³/mol. The van der Waals surface area contributed by atoms with E-state index >= 15 is 0 Å². The second kappa shape index (κ2) is 8.90. The smallest absolute Gasteiger partial charge is 0.339 e. The summed E-state index contributed by atoms with van der Waals surface area (Å²) in [7, 11) is 1.35. The SMILES string of the molecule is COC(=O)c1c(C)[nH]c(C(=O)CN2CCN(Cc3ccc(Cl)cc3)CC2)c1C. The zero-order chi connectivity index (χ0) is 20.3. The van der Waals surface area contributed by atoms with E-state index in [0.29, 0.717) is 29.1 Å². The lowest BCUT2D eigenvalue weighted by atomic mass is 10.1. The number of esters is 1. The van der Waals surface area contributed by atoms with Gasteiger partial charge >= 0.3 is 5.97 Å². The normalized spacial score (nSPS) is 15.6. The van der Waals surface area contributed by atoms with Crippen LogP contribution in [0.4, 0.5) is 0 Å². The fourth-order valence-electron chi connectivity index (χ4n) is 3.67. The monoisotopic (exact) mass is 403 g/mol. The summed E-state index contributed by atoms with van der Waals surface area (Å²) < 4.78 is 4.81. The number of H-pyrrole nitrogens is 1. The summed E-state index contributed by atoms with van der Waals surface area (Å²) >= 11 is 5.94. The molecule has 0 radical (unpaired) electrons. The second-order valence-corrected chi connectivity index (χ2v) is 7.65. The lowest BCUT2D eigenvalue weighted by Gasteiger charge is -2.34. The number of ketones is 1. The largest absolute Gasteiger partial charge is 0.465 e. The van der Waals surface area contributed by atoms with E-state index in [1.54, 1.807) is 13.8 Å². The lowest BCUT2D eigenvalue weighted by Crippen LogP contribution is -2.47. The Balaban J connectivity index is 1.55. The number of nitrogens with one attached hydrogen (secondary N) is 1. The van der Waals surface area contributed by atoms with Crippen LogP contribution >= 0.6 is 11.6 Å². The van der Waals surface area contributed by atoms with Gasteiger partial charge < -0.3 is 9.72 Å². The van der Waals surface area contributed by atoms with Crippen LogP contribution in [0.5, 0.6) is 0 Å². The third-order valence-electron chi connectivity index (χ3n) is 5.26. The van der Waals surface area contributed by atoms with Crippen molar-refractivity contribution in [3.05, 3.63) is 57.4 Å². The van der Waals surface area contributed by atoms with Crippen LogP contribution in [0, 0.1) is 13.8 Å². The van der Waals surface area contributed by atoms with Crippen molar-refractivity contribution >= 4 is 23.4 Å². The number of benzene rings is 1. The molecule has 150 valence electrons.